The Hall–Kier alpha value is -3.69. The zero-order valence-electron chi connectivity index (χ0n) is 19.7. The average molecular weight is 537 g/mol. The van der Waals surface area contributed by atoms with Crippen molar-refractivity contribution >= 4 is 51.7 Å². The molecule has 2 atom stereocenters. The van der Waals surface area contributed by atoms with Crippen molar-refractivity contribution in [1.29, 1.82) is 0 Å². The number of hydrogen-bond acceptors (Lipinski definition) is 6. The summed E-state index contributed by atoms with van der Waals surface area (Å²) in [6, 6.07) is 21.2. The largest absolute Gasteiger partial charge is 0.496 e. The van der Waals surface area contributed by atoms with Gasteiger partial charge < -0.3 is 10.1 Å². The summed E-state index contributed by atoms with van der Waals surface area (Å²) in [7, 11) is 1.62. The normalized spacial score (nSPS) is 19.0. The number of amidine groups is 1. The molecule has 2 aliphatic rings. The lowest BCUT2D eigenvalue weighted by Crippen LogP contribution is -2.25. The van der Waals surface area contributed by atoms with E-state index in [4.69, 9.17) is 21.4 Å². The molecule has 188 valence electrons. The molecule has 0 fully saturated rings. The summed E-state index contributed by atoms with van der Waals surface area (Å²) in [4.78, 5) is 29.7. The fraction of sp³-hybridized carbons (Fsp3) is 0.185. The lowest BCUT2D eigenvalue weighted by molar-refractivity contribution is -0.121. The molecule has 0 bridgehead atoms. The molecular formula is C27H22ClFN4O3S. The van der Waals surface area contributed by atoms with Crippen molar-refractivity contribution in [2.75, 3.05) is 12.4 Å². The molecule has 1 N–H and O–H groups in total. The summed E-state index contributed by atoms with van der Waals surface area (Å²) in [5.41, 5.74) is 3.11. The van der Waals surface area contributed by atoms with Crippen molar-refractivity contribution in [2.45, 2.75) is 24.1 Å². The molecule has 10 heteroatoms. The number of nitrogens with zero attached hydrogens (tertiary/aromatic N) is 3. The molecule has 0 spiro atoms. The highest BCUT2D eigenvalue weighted by Crippen LogP contribution is 2.41. The number of carbonyl (C=O) groups is 2. The van der Waals surface area contributed by atoms with Crippen LogP contribution in [0, 0.1) is 5.82 Å². The maximum Gasteiger partial charge on any atom is 0.262 e. The molecule has 37 heavy (non-hydrogen) atoms. The molecule has 0 saturated carbocycles. The first kappa shape index (κ1) is 25.0. The number of amides is 2. The number of thioether (sulfide) groups is 1. The van der Waals surface area contributed by atoms with E-state index in [-0.39, 0.29) is 17.5 Å². The zero-order chi connectivity index (χ0) is 25.9. The van der Waals surface area contributed by atoms with Crippen LogP contribution >= 0.6 is 23.4 Å². The highest BCUT2D eigenvalue weighted by molar-refractivity contribution is 8.15. The minimum Gasteiger partial charge on any atom is -0.496 e. The SMILES string of the molecule is COc1ccccc1[C@H]1CC(c2ccccc2)=NN1C1=NC(=O)[C@@H](CC(=O)Nc2ccc(F)c(Cl)c2)S1. The first-order chi connectivity index (χ1) is 17.9. The van der Waals surface area contributed by atoms with Crippen molar-refractivity contribution in [3.8, 4) is 5.75 Å². The highest BCUT2D eigenvalue weighted by atomic mass is 35.5. The van der Waals surface area contributed by atoms with Gasteiger partial charge in [0.05, 0.1) is 23.9 Å². The van der Waals surface area contributed by atoms with E-state index in [2.05, 4.69) is 10.3 Å². The van der Waals surface area contributed by atoms with Crippen LogP contribution in [0.15, 0.2) is 82.9 Å². The van der Waals surface area contributed by atoms with Crippen LogP contribution in [0.1, 0.15) is 30.0 Å². The van der Waals surface area contributed by atoms with Crippen LogP contribution in [-0.4, -0.2) is 40.1 Å². The summed E-state index contributed by atoms with van der Waals surface area (Å²) in [6.45, 7) is 0. The minimum absolute atomic E-state index is 0.0989. The van der Waals surface area contributed by atoms with Crippen molar-refractivity contribution in [2.24, 2.45) is 10.1 Å². The quantitative estimate of drug-likeness (QED) is 0.439. The monoisotopic (exact) mass is 536 g/mol. The van der Waals surface area contributed by atoms with Crippen LogP contribution in [0.5, 0.6) is 5.75 Å². The number of benzene rings is 3. The van der Waals surface area contributed by atoms with E-state index >= 15 is 0 Å². The number of anilines is 1. The number of rotatable bonds is 6. The fourth-order valence-corrected chi connectivity index (χ4v) is 5.48. The third kappa shape index (κ3) is 5.38. The number of hydrazone groups is 1. The average Bonchev–Trinajstić information content (AvgIpc) is 3.50. The van der Waals surface area contributed by atoms with Gasteiger partial charge in [0.15, 0.2) is 5.17 Å². The molecule has 3 aromatic rings. The van der Waals surface area contributed by atoms with Crippen LogP contribution in [0.2, 0.25) is 5.02 Å². The third-order valence-electron chi connectivity index (χ3n) is 6.01. The van der Waals surface area contributed by atoms with E-state index in [0.717, 1.165) is 16.8 Å². The third-order valence-corrected chi connectivity index (χ3v) is 7.45. The first-order valence-electron chi connectivity index (χ1n) is 11.5. The molecule has 2 amide bonds. The van der Waals surface area contributed by atoms with Gasteiger partial charge in [-0.2, -0.15) is 10.1 Å². The lowest BCUT2D eigenvalue weighted by Gasteiger charge is -2.24. The van der Waals surface area contributed by atoms with Crippen LogP contribution in [0.3, 0.4) is 0 Å². The Bertz CT molecular complexity index is 1420. The Kier molecular flexibility index (Phi) is 7.25. The van der Waals surface area contributed by atoms with Gasteiger partial charge in [0.25, 0.3) is 5.91 Å². The second kappa shape index (κ2) is 10.7. The Morgan fingerprint density at radius 2 is 1.92 bits per heavy atom. The number of para-hydroxylation sites is 1. The van der Waals surface area contributed by atoms with E-state index in [9.17, 15) is 14.0 Å². The molecule has 0 saturated heterocycles. The number of hydrogen-bond donors (Lipinski definition) is 1. The number of halogens is 2. The molecule has 0 aromatic heterocycles. The van der Waals surface area contributed by atoms with Crippen LogP contribution in [0.4, 0.5) is 10.1 Å². The number of nitrogens with one attached hydrogen (secondary N) is 1. The van der Waals surface area contributed by atoms with E-state index in [1.807, 2.05) is 54.6 Å². The maximum absolute atomic E-state index is 13.4. The Balaban J connectivity index is 1.36. The summed E-state index contributed by atoms with van der Waals surface area (Å²) in [6.07, 6.45) is 0.489. The van der Waals surface area contributed by atoms with Gasteiger partial charge in [-0.25, -0.2) is 9.40 Å². The fourth-order valence-electron chi connectivity index (χ4n) is 4.23. The molecule has 3 aromatic carbocycles. The molecule has 5 rings (SSSR count). The topological polar surface area (TPSA) is 83.4 Å². The predicted octanol–water partition coefficient (Wildman–Crippen LogP) is 5.67. The van der Waals surface area contributed by atoms with Crippen LogP contribution in [-0.2, 0) is 9.59 Å². The zero-order valence-corrected chi connectivity index (χ0v) is 21.3. The Morgan fingerprint density at radius 1 is 1.16 bits per heavy atom. The van der Waals surface area contributed by atoms with Crippen LogP contribution < -0.4 is 10.1 Å². The molecule has 0 aliphatic carbocycles. The van der Waals surface area contributed by atoms with Gasteiger partial charge in [0.2, 0.25) is 5.91 Å². The molecular weight excluding hydrogens is 515 g/mol. The molecule has 2 heterocycles. The maximum atomic E-state index is 13.4. The molecule has 2 aliphatic heterocycles. The molecule has 0 unspecified atom stereocenters. The van der Waals surface area contributed by atoms with Gasteiger partial charge in [0.1, 0.15) is 16.8 Å². The second-order valence-corrected chi connectivity index (χ2v) is 10.0. The van der Waals surface area contributed by atoms with E-state index in [1.54, 1.807) is 12.1 Å². The van der Waals surface area contributed by atoms with Gasteiger partial charge in [-0.1, -0.05) is 71.9 Å². The summed E-state index contributed by atoms with van der Waals surface area (Å²) < 4.78 is 19.0. The van der Waals surface area contributed by atoms with Gasteiger partial charge in [-0.05, 0) is 29.8 Å². The Morgan fingerprint density at radius 3 is 2.68 bits per heavy atom. The van der Waals surface area contributed by atoms with Crippen LogP contribution in [0.25, 0.3) is 0 Å². The summed E-state index contributed by atoms with van der Waals surface area (Å²) in [5.74, 6) is -0.675. The molecule has 0 radical (unpaired) electrons. The van der Waals surface area contributed by atoms with E-state index in [0.29, 0.717) is 23.0 Å². The number of carbonyl (C=O) groups excluding carboxylic acids is 2. The standard InChI is InChI=1S/C27H22ClFN4O3S/c1-36-23-10-6-5-9-18(23)22-14-21(16-7-3-2-4-8-16)32-33(22)27-31-26(35)24(37-27)15-25(34)30-17-11-12-20(29)19(28)13-17/h2-13,22,24H,14-15H2,1H3,(H,30,34)/t22-,24-/m1/s1. The van der Waals surface area contributed by atoms with E-state index < -0.39 is 22.9 Å². The van der Waals surface area contributed by atoms with Gasteiger partial charge in [0, 0.05) is 24.1 Å². The number of ether oxygens (including phenoxy) is 1. The van der Waals surface area contributed by atoms with Crippen molar-refractivity contribution in [1.82, 2.24) is 5.01 Å². The number of aliphatic imine (C=N–C) groups is 1. The van der Waals surface area contributed by atoms with Gasteiger partial charge in [-0.3, -0.25) is 9.59 Å². The van der Waals surface area contributed by atoms with Crippen molar-refractivity contribution in [3.05, 3.63) is 94.8 Å². The lowest BCUT2D eigenvalue weighted by atomic mass is 9.98. The predicted molar refractivity (Wildman–Crippen MR) is 144 cm³/mol. The van der Waals surface area contributed by atoms with Crippen molar-refractivity contribution in [3.63, 3.8) is 0 Å². The Labute approximate surface area is 222 Å². The van der Waals surface area contributed by atoms with Gasteiger partial charge >= 0.3 is 0 Å². The smallest absolute Gasteiger partial charge is 0.262 e. The first-order valence-corrected chi connectivity index (χ1v) is 12.8. The van der Waals surface area contributed by atoms with E-state index in [1.165, 1.54) is 30.0 Å². The summed E-state index contributed by atoms with van der Waals surface area (Å²) >= 11 is 7.00. The minimum atomic E-state index is -0.708. The number of methoxy groups -OCH3 is 1. The van der Waals surface area contributed by atoms with Gasteiger partial charge in [-0.15, -0.1) is 0 Å². The summed E-state index contributed by atoms with van der Waals surface area (Å²) in [5, 5.41) is 8.87. The highest BCUT2D eigenvalue weighted by Gasteiger charge is 2.40. The molecule has 7 nitrogen and oxygen atoms in total. The van der Waals surface area contributed by atoms with Crippen molar-refractivity contribution < 1.29 is 18.7 Å². The second-order valence-electron chi connectivity index (χ2n) is 8.44.